The molecule has 1 N–H and O–H groups in total. The summed E-state index contributed by atoms with van der Waals surface area (Å²) in [5, 5.41) is 5.57. The molecule has 0 spiro atoms. The zero-order valence-electron chi connectivity index (χ0n) is 12.6. The lowest BCUT2D eigenvalue weighted by Gasteiger charge is -2.23. The molecule has 2 aromatic rings. The van der Waals surface area contributed by atoms with Crippen LogP contribution in [0.25, 0.3) is 0 Å². The molecule has 0 aliphatic rings. The van der Waals surface area contributed by atoms with Gasteiger partial charge in [-0.3, -0.25) is 0 Å². The Labute approximate surface area is 130 Å². The second-order valence-corrected chi connectivity index (χ2v) is 6.13. The Morgan fingerprint density at radius 1 is 1.24 bits per heavy atom. The molecule has 21 heavy (non-hydrogen) atoms. The number of anilines is 1. The molecule has 1 aromatic carbocycles. The number of rotatable bonds is 6. The number of carbonyl (C=O) groups is 1. The van der Waals surface area contributed by atoms with Gasteiger partial charge in [0.1, 0.15) is 0 Å². The van der Waals surface area contributed by atoms with E-state index in [1.807, 2.05) is 31.2 Å². The fraction of sp³-hybridized carbons (Fsp3) is 0.353. The van der Waals surface area contributed by atoms with Gasteiger partial charge in [0.05, 0.1) is 18.2 Å². The molecule has 0 saturated carbocycles. The van der Waals surface area contributed by atoms with Gasteiger partial charge in [0, 0.05) is 10.6 Å². The van der Waals surface area contributed by atoms with Gasteiger partial charge in [0.25, 0.3) is 0 Å². The molecule has 0 fully saturated rings. The van der Waals surface area contributed by atoms with Gasteiger partial charge < -0.3 is 10.1 Å². The number of thiophene rings is 1. The van der Waals surface area contributed by atoms with Crippen LogP contribution in [0.1, 0.15) is 42.0 Å². The van der Waals surface area contributed by atoms with Crippen molar-refractivity contribution in [3.63, 3.8) is 0 Å². The molecule has 4 heteroatoms. The average molecular weight is 303 g/mol. The molecule has 0 aliphatic carbocycles. The Hall–Kier alpha value is -1.81. The summed E-state index contributed by atoms with van der Waals surface area (Å²) in [6.07, 6.45) is 0. The topological polar surface area (TPSA) is 38.3 Å². The van der Waals surface area contributed by atoms with Gasteiger partial charge in [-0.25, -0.2) is 4.79 Å². The maximum Gasteiger partial charge on any atom is 0.340 e. The van der Waals surface area contributed by atoms with Gasteiger partial charge in [0.15, 0.2) is 0 Å². The number of esters is 1. The van der Waals surface area contributed by atoms with Crippen molar-refractivity contribution in [2.24, 2.45) is 5.92 Å². The van der Waals surface area contributed by atoms with Crippen LogP contribution in [0, 0.1) is 5.92 Å². The Bertz CT molecular complexity index is 578. The molecule has 1 atom stereocenters. The van der Waals surface area contributed by atoms with Crippen LogP contribution in [0.5, 0.6) is 0 Å². The molecule has 1 heterocycles. The largest absolute Gasteiger partial charge is 0.462 e. The minimum Gasteiger partial charge on any atom is -0.462 e. The number of benzene rings is 1. The van der Waals surface area contributed by atoms with Gasteiger partial charge in [-0.1, -0.05) is 32.0 Å². The van der Waals surface area contributed by atoms with E-state index in [9.17, 15) is 4.79 Å². The smallest absolute Gasteiger partial charge is 0.340 e. The van der Waals surface area contributed by atoms with Gasteiger partial charge in [0.2, 0.25) is 0 Å². The lowest BCUT2D eigenvalue weighted by atomic mass is 10.0. The summed E-state index contributed by atoms with van der Waals surface area (Å²) in [4.78, 5) is 13.3. The highest BCUT2D eigenvalue weighted by atomic mass is 32.1. The SMILES string of the molecule is CCOC(=O)c1ccccc1NC(c1cccs1)C(C)C. The van der Waals surface area contributed by atoms with E-state index in [0.717, 1.165) is 5.69 Å². The lowest BCUT2D eigenvalue weighted by Crippen LogP contribution is -2.18. The van der Waals surface area contributed by atoms with E-state index in [4.69, 9.17) is 4.74 Å². The third-order valence-electron chi connectivity index (χ3n) is 3.25. The predicted molar refractivity (Wildman–Crippen MR) is 87.9 cm³/mol. The summed E-state index contributed by atoms with van der Waals surface area (Å²) in [5.74, 6) is 0.133. The first-order valence-corrected chi connectivity index (χ1v) is 8.07. The van der Waals surface area contributed by atoms with Crippen LogP contribution in [-0.4, -0.2) is 12.6 Å². The first kappa shape index (κ1) is 15.6. The van der Waals surface area contributed by atoms with E-state index >= 15 is 0 Å². The van der Waals surface area contributed by atoms with E-state index in [1.54, 1.807) is 17.4 Å². The molecular formula is C17H21NO2S. The monoisotopic (exact) mass is 303 g/mol. The number of nitrogens with one attached hydrogen (secondary N) is 1. The van der Waals surface area contributed by atoms with Crippen molar-refractivity contribution in [2.45, 2.75) is 26.8 Å². The standard InChI is InChI=1S/C17H21NO2S/c1-4-20-17(19)13-8-5-6-9-14(13)18-16(12(2)3)15-10-7-11-21-15/h5-12,16,18H,4H2,1-3H3. The first-order chi connectivity index (χ1) is 10.1. The molecule has 112 valence electrons. The molecular weight excluding hydrogens is 282 g/mol. The number of ether oxygens (including phenoxy) is 1. The number of carbonyl (C=O) groups excluding carboxylic acids is 1. The van der Waals surface area contributed by atoms with Crippen molar-refractivity contribution < 1.29 is 9.53 Å². The van der Waals surface area contributed by atoms with Crippen molar-refractivity contribution in [3.8, 4) is 0 Å². The van der Waals surface area contributed by atoms with E-state index in [2.05, 4.69) is 30.6 Å². The predicted octanol–water partition coefficient (Wildman–Crippen LogP) is 4.73. The summed E-state index contributed by atoms with van der Waals surface area (Å²) < 4.78 is 5.13. The highest BCUT2D eigenvalue weighted by Gasteiger charge is 2.20. The Kier molecular flexibility index (Phi) is 5.39. The molecule has 1 aromatic heterocycles. The molecule has 0 saturated heterocycles. The Balaban J connectivity index is 2.27. The molecule has 2 rings (SSSR count). The van der Waals surface area contributed by atoms with Crippen LogP contribution in [0.3, 0.4) is 0 Å². The van der Waals surface area contributed by atoms with E-state index in [1.165, 1.54) is 4.88 Å². The van der Waals surface area contributed by atoms with Gasteiger partial charge in [-0.05, 0) is 36.4 Å². The van der Waals surface area contributed by atoms with E-state index in [-0.39, 0.29) is 12.0 Å². The molecule has 1 unspecified atom stereocenters. The molecule has 0 amide bonds. The summed E-state index contributed by atoms with van der Waals surface area (Å²) in [6.45, 7) is 6.54. The van der Waals surface area contributed by atoms with Crippen LogP contribution in [0.2, 0.25) is 0 Å². The van der Waals surface area contributed by atoms with Crippen LogP contribution < -0.4 is 5.32 Å². The molecule has 0 radical (unpaired) electrons. The number of hydrogen-bond acceptors (Lipinski definition) is 4. The molecule has 0 bridgehead atoms. The summed E-state index contributed by atoms with van der Waals surface area (Å²) in [6, 6.07) is 11.9. The number of hydrogen-bond donors (Lipinski definition) is 1. The quantitative estimate of drug-likeness (QED) is 0.784. The van der Waals surface area contributed by atoms with E-state index in [0.29, 0.717) is 18.1 Å². The maximum atomic E-state index is 12.0. The summed E-state index contributed by atoms with van der Waals surface area (Å²) in [7, 11) is 0. The zero-order valence-corrected chi connectivity index (χ0v) is 13.4. The van der Waals surface area contributed by atoms with E-state index < -0.39 is 0 Å². The highest BCUT2D eigenvalue weighted by molar-refractivity contribution is 7.10. The van der Waals surface area contributed by atoms with Crippen LogP contribution in [-0.2, 0) is 4.74 Å². The van der Waals surface area contributed by atoms with Gasteiger partial charge in [-0.15, -0.1) is 11.3 Å². The average Bonchev–Trinajstić information content (AvgIpc) is 2.99. The fourth-order valence-electron chi connectivity index (χ4n) is 2.20. The van der Waals surface area contributed by atoms with Crippen molar-refractivity contribution in [2.75, 3.05) is 11.9 Å². The lowest BCUT2D eigenvalue weighted by molar-refractivity contribution is 0.0527. The summed E-state index contributed by atoms with van der Waals surface area (Å²) >= 11 is 1.72. The van der Waals surface area contributed by atoms with Gasteiger partial charge >= 0.3 is 5.97 Å². The van der Waals surface area contributed by atoms with Crippen LogP contribution in [0.4, 0.5) is 5.69 Å². The van der Waals surface area contributed by atoms with Crippen LogP contribution in [0.15, 0.2) is 41.8 Å². The Morgan fingerprint density at radius 3 is 2.62 bits per heavy atom. The van der Waals surface area contributed by atoms with Crippen molar-refractivity contribution in [1.29, 1.82) is 0 Å². The third kappa shape index (κ3) is 3.85. The first-order valence-electron chi connectivity index (χ1n) is 7.19. The highest BCUT2D eigenvalue weighted by Crippen LogP contribution is 2.31. The third-order valence-corrected chi connectivity index (χ3v) is 4.21. The normalized spacial score (nSPS) is 12.2. The second-order valence-electron chi connectivity index (χ2n) is 5.15. The molecule has 3 nitrogen and oxygen atoms in total. The van der Waals surface area contributed by atoms with Crippen molar-refractivity contribution in [1.82, 2.24) is 0 Å². The zero-order chi connectivity index (χ0) is 15.2. The minimum absolute atomic E-state index is 0.181. The van der Waals surface area contributed by atoms with Crippen LogP contribution >= 0.6 is 11.3 Å². The van der Waals surface area contributed by atoms with Gasteiger partial charge in [-0.2, -0.15) is 0 Å². The second kappa shape index (κ2) is 7.27. The maximum absolute atomic E-state index is 12.0. The molecule has 0 aliphatic heterocycles. The fourth-order valence-corrected chi connectivity index (χ4v) is 3.15. The number of para-hydroxylation sites is 1. The minimum atomic E-state index is -0.283. The van der Waals surface area contributed by atoms with Crippen molar-refractivity contribution in [3.05, 3.63) is 52.2 Å². The van der Waals surface area contributed by atoms with Crippen molar-refractivity contribution >= 4 is 23.0 Å². The Morgan fingerprint density at radius 2 is 2.00 bits per heavy atom. The summed E-state index contributed by atoms with van der Waals surface area (Å²) in [5.41, 5.74) is 1.41.